The summed E-state index contributed by atoms with van der Waals surface area (Å²) < 4.78 is 6.53. The standard InChI is InChI=1S/C47H35N3O/c1-47(41-16-10-5-11-17-41)33-40(46(34-48)49-2)32-45(51-47)31-20-35-18-25-42(26-19-35)50(43-27-21-38(22-28-43)36-12-6-3-7-13-36)44-29-23-39(24-30-44)37-14-8-4-9-15-37/h3-32H,33H2,1H3/b31-20+,46-40-. The SMILES string of the molecule is [C-]#[N+]/C(C#N)=C1C=C(/C=C/c2ccc(N(c3ccc(-c4ccccc4)cc3)c3ccc(-c4ccccc4)cc3)cc2)OC(C)(c2ccccc2)C/1. The van der Waals surface area contributed by atoms with Crippen molar-refractivity contribution in [2.45, 2.75) is 18.9 Å². The maximum Gasteiger partial charge on any atom is 0.265 e. The fraction of sp³-hybridized carbons (Fsp3) is 0.0638. The fourth-order valence-corrected chi connectivity index (χ4v) is 6.49. The Labute approximate surface area is 300 Å². The van der Waals surface area contributed by atoms with Gasteiger partial charge in [0, 0.05) is 23.5 Å². The van der Waals surface area contributed by atoms with Crippen LogP contribution in [0.1, 0.15) is 24.5 Å². The molecule has 0 bridgehead atoms. The molecule has 0 aromatic heterocycles. The molecule has 0 fully saturated rings. The first-order chi connectivity index (χ1) is 25.0. The maximum absolute atomic E-state index is 9.67. The van der Waals surface area contributed by atoms with Crippen molar-refractivity contribution in [3.05, 3.63) is 216 Å². The van der Waals surface area contributed by atoms with Crippen LogP contribution in [0.5, 0.6) is 0 Å². The highest BCUT2D eigenvalue weighted by Gasteiger charge is 2.34. The van der Waals surface area contributed by atoms with Gasteiger partial charge < -0.3 is 9.64 Å². The average molecular weight is 658 g/mol. The zero-order valence-electron chi connectivity index (χ0n) is 28.3. The van der Waals surface area contributed by atoms with Crippen molar-refractivity contribution in [3.8, 4) is 28.3 Å². The molecule has 0 saturated heterocycles. The number of hydrogen-bond donors (Lipinski definition) is 0. The lowest BCUT2D eigenvalue weighted by atomic mass is 9.85. The van der Waals surface area contributed by atoms with E-state index in [0.29, 0.717) is 17.8 Å². The molecular weight excluding hydrogens is 623 g/mol. The van der Waals surface area contributed by atoms with Gasteiger partial charge in [-0.2, -0.15) is 0 Å². The summed E-state index contributed by atoms with van der Waals surface area (Å²) in [4.78, 5) is 5.76. The highest BCUT2D eigenvalue weighted by Crippen LogP contribution is 2.41. The van der Waals surface area contributed by atoms with Crippen molar-refractivity contribution in [1.29, 1.82) is 5.26 Å². The molecular formula is C47H35N3O. The first-order valence-corrected chi connectivity index (χ1v) is 16.9. The second-order valence-corrected chi connectivity index (χ2v) is 12.6. The van der Waals surface area contributed by atoms with Crippen LogP contribution >= 0.6 is 0 Å². The topological polar surface area (TPSA) is 40.6 Å². The molecule has 0 aliphatic carbocycles. The minimum atomic E-state index is -0.714. The maximum atomic E-state index is 9.67. The predicted octanol–water partition coefficient (Wildman–Crippen LogP) is 12.4. The van der Waals surface area contributed by atoms with E-state index in [2.05, 4.69) is 137 Å². The van der Waals surface area contributed by atoms with Crippen LogP contribution in [0.15, 0.2) is 193 Å². The third-order valence-corrected chi connectivity index (χ3v) is 9.15. The molecule has 1 atom stereocenters. The summed E-state index contributed by atoms with van der Waals surface area (Å²) in [5.41, 5.74) is 9.85. The van der Waals surface area contributed by atoms with E-state index >= 15 is 0 Å². The number of benzene rings is 6. The summed E-state index contributed by atoms with van der Waals surface area (Å²) in [6, 6.07) is 58.6. The van der Waals surface area contributed by atoms with Gasteiger partial charge in [-0.15, -0.1) is 0 Å². The molecule has 4 nitrogen and oxygen atoms in total. The van der Waals surface area contributed by atoms with Crippen LogP contribution in [0, 0.1) is 17.9 Å². The van der Waals surface area contributed by atoms with Crippen LogP contribution in [0.2, 0.25) is 0 Å². The summed E-state index contributed by atoms with van der Waals surface area (Å²) in [6.07, 6.45) is 6.16. The number of ether oxygens (including phenoxy) is 1. The molecule has 1 aliphatic rings. The first-order valence-electron chi connectivity index (χ1n) is 16.9. The van der Waals surface area contributed by atoms with Crippen molar-refractivity contribution in [2.75, 3.05) is 4.90 Å². The Balaban J connectivity index is 1.20. The van der Waals surface area contributed by atoms with Crippen LogP contribution in [0.3, 0.4) is 0 Å². The summed E-state index contributed by atoms with van der Waals surface area (Å²) in [5.74, 6) is 0.599. The molecule has 6 aromatic carbocycles. The number of nitrogens with zero attached hydrogens (tertiary/aromatic N) is 3. The second-order valence-electron chi connectivity index (χ2n) is 12.6. The lowest BCUT2D eigenvalue weighted by Crippen LogP contribution is -2.29. The molecule has 51 heavy (non-hydrogen) atoms. The Morgan fingerprint density at radius 1 is 0.647 bits per heavy atom. The van der Waals surface area contributed by atoms with E-state index in [-0.39, 0.29) is 5.70 Å². The molecule has 1 unspecified atom stereocenters. The van der Waals surface area contributed by atoms with Gasteiger partial charge in [0.25, 0.3) is 5.70 Å². The molecule has 7 rings (SSSR count). The van der Waals surface area contributed by atoms with E-state index < -0.39 is 5.60 Å². The molecule has 0 amide bonds. The highest BCUT2D eigenvalue weighted by atomic mass is 16.5. The normalized spacial score (nSPS) is 16.3. The van der Waals surface area contributed by atoms with Crippen LogP contribution in [-0.2, 0) is 10.3 Å². The van der Waals surface area contributed by atoms with Gasteiger partial charge in [0.15, 0.2) is 0 Å². The number of hydrogen-bond acceptors (Lipinski definition) is 3. The van der Waals surface area contributed by atoms with Crippen molar-refractivity contribution in [1.82, 2.24) is 0 Å². The number of allylic oxidation sites excluding steroid dienone is 3. The highest BCUT2D eigenvalue weighted by molar-refractivity contribution is 5.80. The zero-order chi connectivity index (χ0) is 35.0. The van der Waals surface area contributed by atoms with Crippen molar-refractivity contribution >= 4 is 23.1 Å². The molecule has 4 heteroatoms. The molecule has 1 heterocycles. The van der Waals surface area contributed by atoms with E-state index in [1.807, 2.05) is 67.6 Å². The van der Waals surface area contributed by atoms with E-state index in [4.69, 9.17) is 11.3 Å². The van der Waals surface area contributed by atoms with Crippen LogP contribution < -0.4 is 4.90 Å². The molecule has 0 spiro atoms. The minimum absolute atomic E-state index is 0.0874. The zero-order valence-corrected chi connectivity index (χ0v) is 28.3. The van der Waals surface area contributed by atoms with Gasteiger partial charge in [-0.25, -0.2) is 10.1 Å². The van der Waals surface area contributed by atoms with E-state index in [0.717, 1.165) is 39.3 Å². The van der Waals surface area contributed by atoms with Gasteiger partial charge in [0.1, 0.15) is 11.4 Å². The average Bonchev–Trinajstić information content (AvgIpc) is 3.20. The summed E-state index contributed by atoms with van der Waals surface area (Å²) >= 11 is 0. The smallest absolute Gasteiger partial charge is 0.265 e. The molecule has 0 radical (unpaired) electrons. The van der Waals surface area contributed by atoms with Crippen LogP contribution in [-0.4, -0.2) is 0 Å². The summed E-state index contributed by atoms with van der Waals surface area (Å²) in [7, 11) is 0. The van der Waals surface area contributed by atoms with Crippen molar-refractivity contribution < 1.29 is 4.74 Å². The first kappa shape index (κ1) is 32.7. The Kier molecular flexibility index (Phi) is 9.42. The molecule has 1 aliphatic heterocycles. The lowest BCUT2D eigenvalue weighted by molar-refractivity contribution is 0.0143. The number of anilines is 3. The molecule has 6 aromatic rings. The van der Waals surface area contributed by atoms with Crippen molar-refractivity contribution in [2.24, 2.45) is 0 Å². The van der Waals surface area contributed by atoms with Gasteiger partial charge in [0.2, 0.25) is 0 Å². The van der Waals surface area contributed by atoms with Gasteiger partial charge in [-0.1, -0.05) is 133 Å². The molecule has 0 saturated carbocycles. The van der Waals surface area contributed by atoms with Gasteiger partial charge in [-0.05, 0) is 94.4 Å². The Hall–Kier alpha value is -6.88. The largest absolute Gasteiger partial charge is 0.483 e. The Morgan fingerprint density at radius 2 is 1.10 bits per heavy atom. The van der Waals surface area contributed by atoms with Gasteiger partial charge >= 0.3 is 0 Å². The quantitative estimate of drug-likeness (QED) is 0.121. The molecule has 244 valence electrons. The summed E-state index contributed by atoms with van der Waals surface area (Å²) in [6.45, 7) is 9.57. The monoisotopic (exact) mass is 657 g/mol. The molecule has 0 N–H and O–H groups in total. The Bertz CT molecular complexity index is 2190. The van der Waals surface area contributed by atoms with E-state index in [1.165, 1.54) is 11.1 Å². The lowest BCUT2D eigenvalue weighted by Gasteiger charge is -2.36. The predicted molar refractivity (Wildman–Crippen MR) is 208 cm³/mol. The van der Waals surface area contributed by atoms with Gasteiger partial charge in [-0.3, -0.25) is 0 Å². The van der Waals surface area contributed by atoms with Crippen molar-refractivity contribution in [3.63, 3.8) is 0 Å². The fourth-order valence-electron chi connectivity index (χ4n) is 6.49. The van der Waals surface area contributed by atoms with Gasteiger partial charge in [0.05, 0.1) is 12.6 Å². The van der Waals surface area contributed by atoms with Crippen LogP contribution in [0.4, 0.5) is 17.1 Å². The third-order valence-electron chi connectivity index (χ3n) is 9.15. The minimum Gasteiger partial charge on any atom is -0.483 e. The number of nitriles is 1. The van der Waals surface area contributed by atoms with E-state index in [9.17, 15) is 5.26 Å². The van der Waals surface area contributed by atoms with Crippen LogP contribution in [0.25, 0.3) is 33.2 Å². The second kappa shape index (κ2) is 14.7. The Morgan fingerprint density at radius 3 is 1.57 bits per heavy atom. The summed E-state index contributed by atoms with van der Waals surface area (Å²) in [5, 5.41) is 9.67. The number of rotatable bonds is 8. The third kappa shape index (κ3) is 7.27. The van der Waals surface area contributed by atoms with E-state index in [1.54, 1.807) is 0 Å².